The molecule has 0 spiro atoms. The van der Waals surface area contributed by atoms with E-state index in [1.807, 2.05) is 0 Å². The quantitative estimate of drug-likeness (QED) is 0.819. The van der Waals surface area contributed by atoms with Crippen molar-refractivity contribution in [3.8, 4) is 5.75 Å². The fraction of sp³-hybridized carbons (Fsp3) is 0.235. The van der Waals surface area contributed by atoms with Gasteiger partial charge in [-0.15, -0.1) is 0 Å². The minimum absolute atomic E-state index is 0.0936. The number of benzene rings is 2. The Kier molecular flexibility index (Phi) is 3.75. The second kappa shape index (κ2) is 5.41. The number of fused-ring (bicyclic) bond motifs is 1. The van der Waals surface area contributed by atoms with Crippen molar-refractivity contribution >= 4 is 23.2 Å². The molecule has 1 atom stereocenters. The highest BCUT2D eigenvalue weighted by molar-refractivity contribution is 6.30. The maximum absolute atomic E-state index is 12.9. The highest BCUT2D eigenvalue weighted by Gasteiger charge is 2.49. The van der Waals surface area contributed by atoms with E-state index in [0.717, 1.165) is 12.1 Å². The highest BCUT2D eigenvalue weighted by atomic mass is 35.5. The van der Waals surface area contributed by atoms with Crippen LogP contribution >= 0.6 is 11.6 Å². The summed E-state index contributed by atoms with van der Waals surface area (Å²) in [5, 5.41) is 13.0. The van der Waals surface area contributed by atoms with E-state index >= 15 is 0 Å². The Bertz CT molecular complexity index is 835. The van der Waals surface area contributed by atoms with E-state index in [1.54, 1.807) is 6.92 Å². The highest BCUT2D eigenvalue weighted by Crippen LogP contribution is 2.49. The average molecular weight is 356 g/mol. The minimum atomic E-state index is -4.50. The molecule has 0 aliphatic carbocycles. The zero-order chi connectivity index (χ0) is 17.7. The van der Waals surface area contributed by atoms with Gasteiger partial charge in [-0.2, -0.15) is 13.2 Å². The summed E-state index contributed by atoms with van der Waals surface area (Å²) in [7, 11) is 0. The summed E-state index contributed by atoms with van der Waals surface area (Å²) in [6.45, 7) is 1.73. The van der Waals surface area contributed by atoms with Crippen molar-refractivity contribution in [3.05, 3.63) is 58.1 Å². The first-order valence-corrected chi connectivity index (χ1v) is 7.60. The van der Waals surface area contributed by atoms with Crippen LogP contribution in [0.1, 0.15) is 30.0 Å². The molecule has 7 heteroatoms. The van der Waals surface area contributed by atoms with E-state index in [9.17, 15) is 23.1 Å². The third-order valence-corrected chi connectivity index (χ3v) is 4.63. The number of amides is 1. The molecule has 24 heavy (non-hydrogen) atoms. The molecule has 2 N–H and O–H groups in total. The minimum Gasteiger partial charge on any atom is -0.508 e. The number of halogens is 4. The molecule has 2 aromatic rings. The van der Waals surface area contributed by atoms with E-state index < -0.39 is 23.1 Å². The lowest BCUT2D eigenvalue weighted by Crippen LogP contribution is -2.35. The molecule has 3 nitrogen and oxygen atoms in total. The maximum Gasteiger partial charge on any atom is 0.416 e. The normalized spacial score (nSPS) is 20.0. The van der Waals surface area contributed by atoms with Crippen molar-refractivity contribution in [2.24, 2.45) is 0 Å². The largest absolute Gasteiger partial charge is 0.508 e. The summed E-state index contributed by atoms with van der Waals surface area (Å²) in [4.78, 5) is 12.7. The number of hydrogen-bond acceptors (Lipinski definition) is 2. The van der Waals surface area contributed by atoms with E-state index in [-0.39, 0.29) is 23.4 Å². The van der Waals surface area contributed by atoms with Gasteiger partial charge in [0.1, 0.15) is 11.2 Å². The number of phenols is 1. The summed E-state index contributed by atoms with van der Waals surface area (Å²) < 4.78 is 38.7. The molecule has 1 aliphatic rings. The van der Waals surface area contributed by atoms with Gasteiger partial charge in [0, 0.05) is 16.3 Å². The van der Waals surface area contributed by atoms with E-state index in [1.165, 1.54) is 24.3 Å². The van der Waals surface area contributed by atoms with Gasteiger partial charge in [-0.3, -0.25) is 4.79 Å². The standard InChI is InChI=1S/C17H13ClF3NO2/c1-2-16(12-8-10(18)4-6-14(12)23)11-5-3-9(17(19,20)21)7-13(11)22-15(16)24/h3-8,23H,2H2,1H3,(H,22,24). The fourth-order valence-electron chi connectivity index (χ4n) is 3.21. The molecule has 1 heterocycles. The summed E-state index contributed by atoms with van der Waals surface area (Å²) >= 11 is 5.98. The molecule has 0 radical (unpaired) electrons. The number of hydrogen-bond donors (Lipinski definition) is 2. The molecule has 1 unspecified atom stereocenters. The third-order valence-electron chi connectivity index (χ3n) is 4.39. The number of carbonyl (C=O) groups is 1. The van der Waals surface area contributed by atoms with Crippen LogP contribution in [0, 0.1) is 0 Å². The van der Waals surface area contributed by atoms with Crippen LogP contribution in [0.2, 0.25) is 5.02 Å². The molecule has 0 fully saturated rings. The molecule has 0 saturated carbocycles. The summed E-state index contributed by atoms with van der Waals surface area (Å²) in [6.07, 6.45) is -4.25. The lowest BCUT2D eigenvalue weighted by molar-refractivity contribution is -0.137. The summed E-state index contributed by atoms with van der Waals surface area (Å²) in [5.74, 6) is -0.624. The van der Waals surface area contributed by atoms with Crippen molar-refractivity contribution in [1.82, 2.24) is 0 Å². The van der Waals surface area contributed by atoms with Crippen LogP contribution < -0.4 is 5.32 Å². The number of nitrogens with one attached hydrogen (secondary N) is 1. The second-order valence-electron chi connectivity index (χ2n) is 5.63. The van der Waals surface area contributed by atoms with Gasteiger partial charge >= 0.3 is 6.18 Å². The Balaban J connectivity index is 2.25. The van der Waals surface area contributed by atoms with Crippen LogP contribution in [0.3, 0.4) is 0 Å². The number of aromatic hydroxyl groups is 1. The van der Waals surface area contributed by atoms with Crippen LogP contribution in [-0.2, 0) is 16.4 Å². The van der Waals surface area contributed by atoms with Gasteiger partial charge in [-0.05, 0) is 42.3 Å². The lowest BCUT2D eigenvalue weighted by Gasteiger charge is -2.27. The Labute approximate surface area is 141 Å². The summed E-state index contributed by atoms with van der Waals surface area (Å²) in [6, 6.07) is 7.43. The van der Waals surface area contributed by atoms with Crippen LogP contribution in [0.5, 0.6) is 5.75 Å². The van der Waals surface area contributed by atoms with Gasteiger partial charge in [-0.25, -0.2) is 0 Å². The monoisotopic (exact) mass is 355 g/mol. The first-order valence-electron chi connectivity index (χ1n) is 7.22. The number of carbonyl (C=O) groups excluding carboxylic acids is 1. The Morgan fingerprint density at radius 3 is 2.50 bits per heavy atom. The average Bonchev–Trinajstić information content (AvgIpc) is 2.80. The molecule has 0 aromatic heterocycles. The predicted octanol–water partition coefficient (Wildman–Crippen LogP) is 4.71. The molecular weight excluding hydrogens is 343 g/mol. The van der Waals surface area contributed by atoms with Crippen molar-refractivity contribution in [1.29, 1.82) is 0 Å². The van der Waals surface area contributed by atoms with Gasteiger partial charge in [-0.1, -0.05) is 24.6 Å². The topological polar surface area (TPSA) is 49.3 Å². The molecule has 1 amide bonds. The third kappa shape index (κ3) is 2.33. The van der Waals surface area contributed by atoms with Crippen LogP contribution in [-0.4, -0.2) is 11.0 Å². The molecule has 3 rings (SSSR count). The van der Waals surface area contributed by atoms with Crippen LogP contribution in [0.15, 0.2) is 36.4 Å². The van der Waals surface area contributed by atoms with E-state index in [4.69, 9.17) is 11.6 Å². The summed E-state index contributed by atoms with van der Waals surface area (Å²) in [5.41, 5.74) is -1.37. The maximum atomic E-state index is 12.9. The Morgan fingerprint density at radius 1 is 1.17 bits per heavy atom. The molecule has 1 aliphatic heterocycles. The lowest BCUT2D eigenvalue weighted by atomic mass is 9.73. The van der Waals surface area contributed by atoms with Gasteiger partial charge in [0.15, 0.2) is 0 Å². The van der Waals surface area contributed by atoms with Crippen LogP contribution in [0.25, 0.3) is 0 Å². The number of alkyl halides is 3. The Morgan fingerprint density at radius 2 is 1.88 bits per heavy atom. The second-order valence-corrected chi connectivity index (χ2v) is 6.07. The molecule has 2 aromatic carbocycles. The molecule has 0 saturated heterocycles. The zero-order valence-corrected chi connectivity index (χ0v) is 13.3. The van der Waals surface area contributed by atoms with Gasteiger partial charge in [0.05, 0.1) is 5.56 Å². The van der Waals surface area contributed by atoms with E-state index in [2.05, 4.69) is 5.32 Å². The molecule has 0 bridgehead atoms. The number of anilines is 1. The zero-order valence-electron chi connectivity index (χ0n) is 12.5. The van der Waals surface area contributed by atoms with Crippen molar-refractivity contribution in [3.63, 3.8) is 0 Å². The van der Waals surface area contributed by atoms with Gasteiger partial charge in [0.2, 0.25) is 5.91 Å². The van der Waals surface area contributed by atoms with Crippen molar-refractivity contribution in [2.75, 3.05) is 5.32 Å². The van der Waals surface area contributed by atoms with E-state index in [0.29, 0.717) is 10.6 Å². The first kappa shape index (κ1) is 16.6. The first-order chi connectivity index (χ1) is 11.2. The smallest absolute Gasteiger partial charge is 0.416 e. The van der Waals surface area contributed by atoms with Crippen molar-refractivity contribution in [2.45, 2.75) is 24.9 Å². The van der Waals surface area contributed by atoms with Crippen molar-refractivity contribution < 1.29 is 23.1 Å². The van der Waals surface area contributed by atoms with Gasteiger partial charge in [0.25, 0.3) is 0 Å². The number of phenolic OH excluding ortho intramolecular Hbond substituents is 1. The SMILES string of the molecule is CCC1(c2cc(Cl)ccc2O)C(=O)Nc2cc(C(F)(F)F)ccc21. The Hall–Kier alpha value is -2.21. The number of rotatable bonds is 2. The molecule has 126 valence electrons. The molecular formula is C17H13ClF3NO2. The predicted molar refractivity (Wildman–Crippen MR) is 84.3 cm³/mol. The van der Waals surface area contributed by atoms with Crippen LogP contribution in [0.4, 0.5) is 18.9 Å². The van der Waals surface area contributed by atoms with Gasteiger partial charge < -0.3 is 10.4 Å². The fourth-order valence-corrected chi connectivity index (χ4v) is 3.38.